The lowest BCUT2D eigenvalue weighted by Crippen LogP contribution is -2.63. The number of ether oxygens (including phenoxy) is 4. The summed E-state index contributed by atoms with van der Waals surface area (Å²) in [4.78, 5) is 29.6. The first-order chi connectivity index (χ1) is 14.3. The van der Waals surface area contributed by atoms with Crippen molar-refractivity contribution >= 4 is 29.2 Å². The Kier molecular flexibility index (Phi) is 4.83. The predicted octanol–water partition coefficient (Wildman–Crippen LogP) is 2.92. The molecule has 4 aliphatic rings. The second kappa shape index (κ2) is 7.17. The molecule has 3 unspecified atom stereocenters. The van der Waals surface area contributed by atoms with E-state index >= 15 is 0 Å². The van der Waals surface area contributed by atoms with Crippen LogP contribution in [0.4, 0.5) is 10.5 Å². The average Bonchev–Trinajstić information content (AvgIpc) is 3.39. The van der Waals surface area contributed by atoms with Gasteiger partial charge in [0.1, 0.15) is 18.3 Å². The predicted molar refractivity (Wildman–Crippen MR) is 107 cm³/mol. The molecular formula is C21H25ClN2O6. The minimum atomic E-state index is -0.767. The van der Waals surface area contributed by atoms with Gasteiger partial charge in [-0.15, -0.1) is 0 Å². The molecule has 162 valence electrons. The van der Waals surface area contributed by atoms with Crippen molar-refractivity contribution < 1.29 is 28.5 Å². The summed E-state index contributed by atoms with van der Waals surface area (Å²) >= 11 is 5.97. The first-order valence-corrected chi connectivity index (χ1v) is 10.6. The van der Waals surface area contributed by atoms with Crippen molar-refractivity contribution in [3.63, 3.8) is 0 Å². The number of carbonyl (C=O) groups is 2. The number of fused-ring (bicyclic) bond motifs is 1. The summed E-state index contributed by atoms with van der Waals surface area (Å²) in [6.45, 7) is 3.65. The van der Waals surface area contributed by atoms with Crippen LogP contribution in [0.3, 0.4) is 0 Å². The summed E-state index contributed by atoms with van der Waals surface area (Å²) in [5.41, 5.74) is 0.513. The van der Waals surface area contributed by atoms with Gasteiger partial charge in [0.05, 0.1) is 18.2 Å². The Morgan fingerprint density at radius 3 is 2.43 bits per heavy atom. The van der Waals surface area contributed by atoms with Crippen LogP contribution < -0.4 is 4.90 Å². The summed E-state index contributed by atoms with van der Waals surface area (Å²) in [5.74, 6) is -1.04. The van der Waals surface area contributed by atoms with Gasteiger partial charge in [-0.3, -0.25) is 4.79 Å². The third-order valence-electron chi connectivity index (χ3n) is 6.11. The van der Waals surface area contributed by atoms with Gasteiger partial charge >= 0.3 is 6.03 Å². The van der Waals surface area contributed by atoms with Gasteiger partial charge in [-0.1, -0.05) is 11.6 Å². The fraction of sp³-hybridized carbons (Fsp3) is 0.619. The fourth-order valence-electron chi connectivity index (χ4n) is 4.71. The van der Waals surface area contributed by atoms with E-state index < -0.39 is 36.4 Å². The molecule has 30 heavy (non-hydrogen) atoms. The Balaban J connectivity index is 1.43. The summed E-state index contributed by atoms with van der Waals surface area (Å²) in [6, 6.07) is 6.02. The molecule has 4 fully saturated rings. The Hall–Kier alpha value is -1.71. The van der Waals surface area contributed by atoms with Gasteiger partial charge in [-0.05, 0) is 51.0 Å². The Labute approximate surface area is 179 Å². The molecule has 3 aliphatic heterocycles. The fourth-order valence-corrected chi connectivity index (χ4v) is 4.84. The first kappa shape index (κ1) is 20.2. The number of amides is 3. The maximum Gasteiger partial charge on any atom is 0.331 e. The molecular weight excluding hydrogens is 412 g/mol. The van der Waals surface area contributed by atoms with Crippen LogP contribution in [0.25, 0.3) is 0 Å². The molecule has 0 aromatic heterocycles. The zero-order valence-corrected chi connectivity index (χ0v) is 17.9. The normalized spacial score (nSPS) is 35.8. The van der Waals surface area contributed by atoms with Gasteiger partial charge < -0.3 is 23.8 Å². The van der Waals surface area contributed by atoms with Gasteiger partial charge in [-0.25, -0.2) is 9.69 Å². The highest BCUT2D eigenvalue weighted by Gasteiger charge is 2.60. The third-order valence-corrected chi connectivity index (χ3v) is 6.36. The highest BCUT2D eigenvalue weighted by molar-refractivity contribution is 6.30. The SMILES string of the molecule is CO[C@@H]1C2OC(C)(C)OC2OC1[C@@H]1CC(=O)N(c2ccc(Cl)cc2)C(=O)N1C1CC1. The molecule has 3 amide bonds. The number of anilines is 1. The van der Waals surface area contributed by atoms with Gasteiger partial charge in [0.15, 0.2) is 12.1 Å². The van der Waals surface area contributed by atoms with E-state index in [-0.39, 0.29) is 24.4 Å². The zero-order chi connectivity index (χ0) is 21.2. The highest BCUT2D eigenvalue weighted by Crippen LogP contribution is 2.44. The number of urea groups is 1. The minimum absolute atomic E-state index is 0.0882. The van der Waals surface area contributed by atoms with E-state index in [4.69, 9.17) is 30.5 Å². The first-order valence-electron chi connectivity index (χ1n) is 10.2. The van der Waals surface area contributed by atoms with Crippen LogP contribution in [0.1, 0.15) is 33.1 Å². The molecule has 3 saturated heterocycles. The monoisotopic (exact) mass is 436 g/mol. The largest absolute Gasteiger partial charge is 0.376 e. The quantitative estimate of drug-likeness (QED) is 0.722. The van der Waals surface area contributed by atoms with Crippen molar-refractivity contribution in [1.29, 1.82) is 0 Å². The Morgan fingerprint density at radius 1 is 1.10 bits per heavy atom. The molecule has 9 heteroatoms. The topological polar surface area (TPSA) is 77.5 Å². The average molecular weight is 437 g/mol. The molecule has 8 nitrogen and oxygen atoms in total. The Bertz CT molecular complexity index is 858. The highest BCUT2D eigenvalue weighted by atomic mass is 35.5. The molecule has 0 bridgehead atoms. The number of nitrogens with zero attached hydrogens (tertiary/aromatic N) is 2. The second-order valence-electron chi connectivity index (χ2n) is 8.67. The van der Waals surface area contributed by atoms with Gasteiger partial charge in [0.2, 0.25) is 5.91 Å². The molecule has 1 saturated carbocycles. The summed E-state index contributed by atoms with van der Waals surface area (Å²) in [7, 11) is 1.59. The van der Waals surface area contributed by atoms with Crippen LogP contribution in [0, 0.1) is 0 Å². The van der Waals surface area contributed by atoms with E-state index in [2.05, 4.69) is 0 Å². The van der Waals surface area contributed by atoms with Crippen molar-refractivity contribution in [2.45, 2.75) is 75.6 Å². The summed E-state index contributed by atoms with van der Waals surface area (Å²) in [5, 5.41) is 0.546. The van der Waals surface area contributed by atoms with E-state index in [0.29, 0.717) is 10.7 Å². The number of benzene rings is 1. The molecule has 1 aliphatic carbocycles. The standard InChI is InChI=1S/C21H25ClN2O6/c1-21(2)29-18-17(27-3)16(28-19(18)30-21)14-10-15(25)24(13-6-4-11(22)5-7-13)20(26)23(14)12-8-9-12/h4-7,12,14,16-19H,8-10H2,1-3H3/t14-,16?,17-,18?,19?/m0/s1. The molecule has 0 radical (unpaired) electrons. The van der Waals surface area contributed by atoms with Crippen LogP contribution in [-0.2, 0) is 23.7 Å². The lowest BCUT2D eigenvalue weighted by Gasteiger charge is -2.43. The molecule has 0 N–H and O–H groups in total. The van der Waals surface area contributed by atoms with Gasteiger partial charge in [0, 0.05) is 18.2 Å². The second-order valence-corrected chi connectivity index (χ2v) is 9.10. The smallest absolute Gasteiger partial charge is 0.331 e. The molecule has 1 aromatic carbocycles. The van der Waals surface area contributed by atoms with E-state index in [1.807, 2.05) is 13.8 Å². The van der Waals surface area contributed by atoms with Gasteiger partial charge in [-0.2, -0.15) is 0 Å². The van der Waals surface area contributed by atoms with Crippen molar-refractivity contribution in [3.05, 3.63) is 29.3 Å². The number of halogens is 1. The number of methoxy groups -OCH3 is 1. The summed E-state index contributed by atoms with van der Waals surface area (Å²) < 4.78 is 23.7. The van der Waals surface area contributed by atoms with E-state index in [0.717, 1.165) is 12.8 Å². The summed E-state index contributed by atoms with van der Waals surface area (Å²) in [6.07, 6.45) is 0.00132. The molecule has 0 spiro atoms. The lowest BCUT2D eigenvalue weighted by molar-refractivity contribution is -0.223. The number of hydrogen-bond donors (Lipinski definition) is 0. The molecule has 1 aromatic rings. The zero-order valence-electron chi connectivity index (χ0n) is 17.1. The van der Waals surface area contributed by atoms with Gasteiger partial charge in [0.25, 0.3) is 0 Å². The number of rotatable bonds is 4. The van der Waals surface area contributed by atoms with Crippen LogP contribution in [-0.4, -0.2) is 66.4 Å². The number of imide groups is 1. The van der Waals surface area contributed by atoms with Crippen molar-refractivity contribution in [2.24, 2.45) is 0 Å². The number of carbonyl (C=O) groups excluding carboxylic acids is 2. The Morgan fingerprint density at radius 2 is 1.80 bits per heavy atom. The lowest BCUT2D eigenvalue weighted by atomic mass is 9.96. The van der Waals surface area contributed by atoms with Crippen LogP contribution in [0.5, 0.6) is 0 Å². The maximum absolute atomic E-state index is 13.5. The van der Waals surface area contributed by atoms with E-state index in [1.165, 1.54) is 4.90 Å². The van der Waals surface area contributed by atoms with Crippen LogP contribution >= 0.6 is 11.6 Å². The van der Waals surface area contributed by atoms with E-state index in [9.17, 15) is 9.59 Å². The van der Waals surface area contributed by atoms with Crippen molar-refractivity contribution in [1.82, 2.24) is 4.90 Å². The molecule has 5 atom stereocenters. The van der Waals surface area contributed by atoms with E-state index in [1.54, 1.807) is 36.3 Å². The van der Waals surface area contributed by atoms with Crippen molar-refractivity contribution in [3.8, 4) is 0 Å². The van der Waals surface area contributed by atoms with Crippen molar-refractivity contribution in [2.75, 3.05) is 12.0 Å². The van der Waals surface area contributed by atoms with Crippen LogP contribution in [0.2, 0.25) is 5.02 Å². The maximum atomic E-state index is 13.5. The minimum Gasteiger partial charge on any atom is -0.376 e. The van der Waals surface area contributed by atoms with Crippen LogP contribution in [0.15, 0.2) is 24.3 Å². The molecule has 3 heterocycles. The third kappa shape index (κ3) is 3.31. The molecule has 5 rings (SSSR count). The number of hydrogen-bond acceptors (Lipinski definition) is 6.